The number of phenols is 1. The molecule has 2 atom stereocenters. The maximum absolute atomic E-state index is 14.0. The molecule has 5 aromatic carbocycles. The number of aliphatic hydroxyl groups is 1. The van der Waals surface area contributed by atoms with Gasteiger partial charge in [-0.3, -0.25) is 19.3 Å². The van der Waals surface area contributed by atoms with Crippen molar-refractivity contribution in [3.63, 3.8) is 0 Å². The number of aldehydes is 1. The van der Waals surface area contributed by atoms with Gasteiger partial charge in [0.15, 0.2) is 0 Å². The minimum absolute atomic E-state index is 0.00989. The monoisotopic (exact) mass is 864 g/mol. The number of rotatable bonds is 18. The fourth-order valence-electron chi connectivity index (χ4n) is 9.11. The summed E-state index contributed by atoms with van der Waals surface area (Å²) in [5.41, 5.74) is 7.16. The Balaban J connectivity index is 0.932. The van der Waals surface area contributed by atoms with Gasteiger partial charge in [0.25, 0.3) is 5.91 Å². The second-order valence-electron chi connectivity index (χ2n) is 16.8. The van der Waals surface area contributed by atoms with Crippen molar-refractivity contribution in [3.05, 3.63) is 166 Å². The molecule has 64 heavy (non-hydrogen) atoms. The van der Waals surface area contributed by atoms with E-state index in [4.69, 9.17) is 9.47 Å². The number of carbonyl (C=O) groups excluding carboxylic acids is 3. The van der Waals surface area contributed by atoms with Gasteiger partial charge in [0.05, 0.1) is 25.5 Å². The molecule has 11 heteroatoms. The molecule has 4 N–H and O–H groups in total. The van der Waals surface area contributed by atoms with Gasteiger partial charge < -0.3 is 35.2 Å². The summed E-state index contributed by atoms with van der Waals surface area (Å²) in [6.45, 7) is 5.10. The predicted molar refractivity (Wildman–Crippen MR) is 250 cm³/mol. The minimum Gasteiger partial charge on any atom is -0.506 e. The van der Waals surface area contributed by atoms with E-state index in [-0.39, 0.29) is 30.1 Å². The summed E-state index contributed by atoms with van der Waals surface area (Å²) >= 11 is 0. The highest BCUT2D eigenvalue weighted by molar-refractivity contribution is 5.95. The van der Waals surface area contributed by atoms with Gasteiger partial charge in [0.1, 0.15) is 23.7 Å². The van der Waals surface area contributed by atoms with Gasteiger partial charge in [-0.15, -0.1) is 0 Å². The van der Waals surface area contributed by atoms with E-state index in [1.54, 1.807) is 32.4 Å². The molecule has 334 valence electrons. The molecule has 0 aliphatic carbocycles. The number of carbonyl (C=O) groups is 3. The number of nitrogens with one attached hydrogen (secondary N) is 2. The fraction of sp³-hybridized carbons (Fsp3) is 0.340. The molecule has 7 rings (SSSR count). The Morgan fingerprint density at radius 3 is 2.27 bits per heavy atom. The SMILES string of the molecule is CNc1c(O)ccc(C(O)CNCc2ccc(C(=O)N3CCC(c4cccc(C(C(=O)OCC5CCN(Cc6ccccc6)CC5)c5ccccc5)c4)CC3)cc2OC)c1/C=C\C=O. The Morgan fingerprint density at radius 1 is 0.844 bits per heavy atom. The average molecular weight is 865 g/mol. The van der Waals surface area contributed by atoms with Crippen molar-refractivity contribution in [1.82, 2.24) is 15.1 Å². The van der Waals surface area contributed by atoms with E-state index in [9.17, 15) is 24.6 Å². The number of anilines is 1. The molecular weight excluding hydrogens is 805 g/mol. The zero-order chi connectivity index (χ0) is 44.8. The van der Waals surface area contributed by atoms with Crippen LogP contribution in [-0.2, 0) is 27.4 Å². The quantitative estimate of drug-likeness (QED) is 0.0296. The first-order chi connectivity index (χ1) is 31.3. The summed E-state index contributed by atoms with van der Waals surface area (Å²) in [5, 5.41) is 27.6. The summed E-state index contributed by atoms with van der Waals surface area (Å²) in [6, 6.07) is 37.4. The van der Waals surface area contributed by atoms with Crippen molar-refractivity contribution in [3.8, 4) is 11.5 Å². The number of aromatic hydroxyl groups is 1. The van der Waals surface area contributed by atoms with E-state index in [2.05, 4.69) is 51.9 Å². The Hall–Kier alpha value is -6.27. The van der Waals surface area contributed by atoms with Gasteiger partial charge in [-0.1, -0.05) is 97.1 Å². The van der Waals surface area contributed by atoms with Gasteiger partial charge in [-0.2, -0.15) is 0 Å². The van der Waals surface area contributed by atoms with Gasteiger partial charge >= 0.3 is 5.97 Å². The number of esters is 1. The van der Waals surface area contributed by atoms with E-state index in [0.717, 1.165) is 67.6 Å². The Labute approximate surface area is 376 Å². The van der Waals surface area contributed by atoms with Gasteiger partial charge in [0.2, 0.25) is 0 Å². The molecule has 2 heterocycles. The summed E-state index contributed by atoms with van der Waals surface area (Å²) in [4.78, 5) is 43.2. The summed E-state index contributed by atoms with van der Waals surface area (Å²) < 4.78 is 11.8. The van der Waals surface area contributed by atoms with E-state index >= 15 is 0 Å². The number of piperidine rings is 2. The lowest BCUT2D eigenvalue weighted by Gasteiger charge is -2.33. The van der Waals surface area contributed by atoms with Crippen molar-refractivity contribution in [2.24, 2.45) is 5.92 Å². The highest BCUT2D eigenvalue weighted by Gasteiger charge is 2.30. The fourth-order valence-corrected chi connectivity index (χ4v) is 9.11. The molecule has 2 aliphatic heterocycles. The number of likely N-dealkylation sites (tertiary alicyclic amines) is 2. The Bertz CT molecular complexity index is 2360. The normalized spacial score (nSPS) is 16.0. The van der Waals surface area contributed by atoms with Crippen LogP contribution in [0.1, 0.15) is 92.9 Å². The van der Waals surface area contributed by atoms with Gasteiger partial charge in [-0.05, 0) is 109 Å². The van der Waals surface area contributed by atoms with Crippen LogP contribution in [0.4, 0.5) is 5.69 Å². The summed E-state index contributed by atoms with van der Waals surface area (Å²) in [7, 11) is 3.23. The molecule has 1 amide bonds. The molecule has 5 aromatic rings. The second-order valence-corrected chi connectivity index (χ2v) is 16.8. The number of nitrogens with zero attached hydrogens (tertiary/aromatic N) is 2. The van der Waals surface area contributed by atoms with Crippen LogP contribution < -0.4 is 15.4 Å². The molecule has 2 aliphatic rings. The number of amides is 1. The third kappa shape index (κ3) is 11.5. The number of methoxy groups -OCH3 is 1. The largest absolute Gasteiger partial charge is 0.506 e. The van der Waals surface area contributed by atoms with Crippen LogP contribution in [0.25, 0.3) is 6.08 Å². The van der Waals surface area contributed by atoms with Crippen LogP contribution in [0.3, 0.4) is 0 Å². The average Bonchev–Trinajstić information content (AvgIpc) is 3.33. The minimum atomic E-state index is -0.937. The van der Waals surface area contributed by atoms with E-state index in [1.165, 1.54) is 17.7 Å². The molecule has 0 saturated carbocycles. The smallest absolute Gasteiger partial charge is 0.317 e. The zero-order valence-electron chi connectivity index (χ0n) is 36.8. The van der Waals surface area contributed by atoms with Crippen LogP contribution in [0, 0.1) is 5.92 Å². The lowest BCUT2D eigenvalue weighted by molar-refractivity contribution is -0.146. The number of hydrogen-bond donors (Lipinski definition) is 4. The molecule has 2 unspecified atom stereocenters. The number of benzene rings is 5. The maximum atomic E-state index is 14.0. The Morgan fingerprint density at radius 2 is 1.56 bits per heavy atom. The van der Waals surface area contributed by atoms with Crippen LogP contribution in [0.2, 0.25) is 0 Å². The van der Waals surface area contributed by atoms with E-state index in [1.807, 2.05) is 65.6 Å². The van der Waals surface area contributed by atoms with Crippen molar-refractivity contribution < 1.29 is 34.1 Å². The van der Waals surface area contributed by atoms with Crippen molar-refractivity contribution in [1.29, 1.82) is 0 Å². The van der Waals surface area contributed by atoms with E-state index in [0.29, 0.717) is 66.6 Å². The van der Waals surface area contributed by atoms with Crippen LogP contribution in [0.5, 0.6) is 11.5 Å². The van der Waals surface area contributed by atoms with Crippen molar-refractivity contribution >= 4 is 29.9 Å². The zero-order valence-corrected chi connectivity index (χ0v) is 36.8. The first-order valence-corrected chi connectivity index (χ1v) is 22.3. The van der Waals surface area contributed by atoms with Crippen molar-refractivity contribution in [2.75, 3.05) is 58.8 Å². The lowest BCUT2D eigenvalue weighted by Crippen LogP contribution is -2.38. The molecule has 0 aromatic heterocycles. The summed E-state index contributed by atoms with van der Waals surface area (Å²) in [6.07, 6.45) is 6.17. The number of phenolic OH excluding ortho intramolecular Hbond substituents is 1. The second kappa shape index (κ2) is 22.4. The van der Waals surface area contributed by atoms with Gasteiger partial charge in [0, 0.05) is 56.5 Å². The van der Waals surface area contributed by atoms with Crippen LogP contribution >= 0.6 is 0 Å². The molecule has 0 radical (unpaired) electrons. The lowest BCUT2D eigenvalue weighted by atomic mass is 9.85. The molecular formula is C53H60N4O7. The molecule has 2 fully saturated rings. The van der Waals surface area contributed by atoms with Crippen molar-refractivity contribution in [2.45, 2.75) is 56.7 Å². The topological polar surface area (TPSA) is 141 Å². The highest BCUT2D eigenvalue weighted by Crippen LogP contribution is 2.36. The van der Waals surface area contributed by atoms with Crippen LogP contribution in [0.15, 0.2) is 121 Å². The summed E-state index contributed by atoms with van der Waals surface area (Å²) in [5.74, 6) is 0.336. The number of allylic oxidation sites excluding steroid dienone is 1. The van der Waals surface area contributed by atoms with Gasteiger partial charge in [-0.25, -0.2) is 0 Å². The Kier molecular flexibility index (Phi) is 16.0. The number of ether oxygens (including phenoxy) is 2. The molecule has 2 saturated heterocycles. The first-order valence-electron chi connectivity index (χ1n) is 22.3. The van der Waals surface area contributed by atoms with Crippen LogP contribution in [-0.4, -0.2) is 91.7 Å². The number of aliphatic hydroxyl groups excluding tert-OH is 1. The maximum Gasteiger partial charge on any atom is 0.317 e. The molecule has 11 nitrogen and oxygen atoms in total. The standard InChI is InChI=1S/C53H60N4O7/c1-54-51-46(17-10-30-58)45(20-21-47(51)59)48(60)34-55-33-44-19-18-43(32-49(44)63-2)52(61)57-28-24-39(25-29-57)41-15-9-16-42(31-41)50(40-13-7-4-8-14-40)53(62)64-36-38-22-26-56(27-23-38)35-37-11-5-3-6-12-37/h3-21,30-32,38-39,48,50,54-55,59-60H,22-29,33-36H2,1-2H3/b17-10-. The first kappa shape index (κ1) is 45.7. The third-order valence-corrected chi connectivity index (χ3v) is 12.7. The molecule has 0 spiro atoms. The predicted octanol–water partition coefficient (Wildman–Crippen LogP) is 8.08. The van der Waals surface area contributed by atoms with E-state index < -0.39 is 12.0 Å². The molecule has 0 bridgehead atoms. The highest BCUT2D eigenvalue weighted by atomic mass is 16.5. The number of hydrogen-bond acceptors (Lipinski definition) is 10. The third-order valence-electron chi connectivity index (χ3n) is 12.7.